The molecule has 0 spiro atoms. The summed E-state index contributed by atoms with van der Waals surface area (Å²) in [6, 6.07) is 9.01. The van der Waals surface area contributed by atoms with Crippen molar-refractivity contribution >= 4 is 29.9 Å². The van der Waals surface area contributed by atoms with Crippen LogP contribution in [0.5, 0.6) is 0 Å². The van der Waals surface area contributed by atoms with Gasteiger partial charge < -0.3 is 10.6 Å². The van der Waals surface area contributed by atoms with E-state index in [1.165, 1.54) is 11.1 Å². The Kier molecular flexibility index (Phi) is 7.86. The van der Waals surface area contributed by atoms with Gasteiger partial charge in [-0.3, -0.25) is 4.99 Å². The van der Waals surface area contributed by atoms with Crippen molar-refractivity contribution < 1.29 is 0 Å². The summed E-state index contributed by atoms with van der Waals surface area (Å²) >= 11 is 0. The van der Waals surface area contributed by atoms with Crippen molar-refractivity contribution in [2.24, 2.45) is 4.99 Å². The van der Waals surface area contributed by atoms with Crippen molar-refractivity contribution in [2.75, 3.05) is 13.1 Å². The van der Waals surface area contributed by atoms with E-state index in [-0.39, 0.29) is 24.0 Å². The number of aromatic nitrogens is 3. The van der Waals surface area contributed by atoms with Gasteiger partial charge in [0.05, 0.1) is 6.54 Å². The third-order valence-electron chi connectivity index (χ3n) is 4.44. The molecule has 1 aliphatic heterocycles. The zero-order valence-corrected chi connectivity index (χ0v) is 18.2. The van der Waals surface area contributed by atoms with Crippen LogP contribution in [0.25, 0.3) is 0 Å². The molecule has 0 saturated heterocycles. The Labute approximate surface area is 172 Å². The van der Waals surface area contributed by atoms with Gasteiger partial charge in [0.15, 0.2) is 5.96 Å². The van der Waals surface area contributed by atoms with Gasteiger partial charge in [-0.1, -0.05) is 29.8 Å². The van der Waals surface area contributed by atoms with Crippen LogP contribution in [-0.2, 0) is 19.4 Å². The summed E-state index contributed by atoms with van der Waals surface area (Å²) in [5, 5.41) is 11.4. The summed E-state index contributed by atoms with van der Waals surface area (Å²) in [6.45, 7) is 8.64. The summed E-state index contributed by atoms with van der Waals surface area (Å²) in [5.74, 6) is 2.84. The summed E-state index contributed by atoms with van der Waals surface area (Å²) < 4.78 is 2.02. The van der Waals surface area contributed by atoms with Gasteiger partial charge in [-0.25, -0.2) is 9.67 Å². The smallest absolute Gasteiger partial charge is 0.191 e. The quantitative estimate of drug-likeness (QED) is 0.402. The standard InChI is InChI=1S/C19H28N6.HI/c1-4-20-19(21-12-11-16-7-5-14(2)6-8-16)23-17-9-10-18-22-15(3)24-25(18)13-17;/h5-8,17H,4,9-13H2,1-3H3,(H2,20,21,23);1H. The highest BCUT2D eigenvalue weighted by Crippen LogP contribution is 2.12. The number of rotatable bonds is 5. The summed E-state index contributed by atoms with van der Waals surface area (Å²) in [6.07, 6.45) is 2.97. The van der Waals surface area contributed by atoms with E-state index in [9.17, 15) is 0 Å². The van der Waals surface area contributed by atoms with E-state index < -0.39 is 0 Å². The number of benzene rings is 1. The molecule has 1 aliphatic rings. The minimum Gasteiger partial charge on any atom is -0.357 e. The van der Waals surface area contributed by atoms with E-state index in [1.54, 1.807) is 0 Å². The number of aliphatic imine (C=N–C) groups is 1. The molecule has 3 rings (SSSR count). The summed E-state index contributed by atoms with van der Waals surface area (Å²) in [5.41, 5.74) is 2.62. The number of hydrogen-bond acceptors (Lipinski definition) is 3. The predicted octanol–water partition coefficient (Wildman–Crippen LogP) is 2.63. The monoisotopic (exact) mass is 468 g/mol. The molecular formula is C19H29IN6. The van der Waals surface area contributed by atoms with Crippen LogP contribution in [0.15, 0.2) is 29.3 Å². The highest BCUT2D eigenvalue weighted by molar-refractivity contribution is 14.0. The van der Waals surface area contributed by atoms with Crippen LogP contribution in [0.3, 0.4) is 0 Å². The second-order valence-electron chi connectivity index (χ2n) is 6.63. The van der Waals surface area contributed by atoms with Gasteiger partial charge in [-0.2, -0.15) is 5.10 Å². The molecule has 0 saturated carbocycles. The van der Waals surface area contributed by atoms with Crippen LogP contribution in [0.1, 0.15) is 36.1 Å². The maximum Gasteiger partial charge on any atom is 0.191 e. The highest BCUT2D eigenvalue weighted by Gasteiger charge is 2.21. The van der Waals surface area contributed by atoms with Gasteiger partial charge in [-0.15, -0.1) is 24.0 Å². The van der Waals surface area contributed by atoms with Gasteiger partial charge in [0.1, 0.15) is 11.6 Å². The first-order valence-corrected chi connectivity index (χ1v) is 9.14. The Morgan fingerprint density at radius 1 is 1.27 bits per heavy atom. The molecule has 1 aromatic heterocycles. The minimum absolute atomic E-state index is 0. The van der Waals surface area contributed by atoms with Crippen LogP contribution >= 0.6 is 24.0 Å². The Bertz CT molecular complexity index is 722. The normalized spacial score (nSPS) is 16.6. The Morgan fingerprint density at radius 2 is 2.04 bits per heavy atom. The van der Waals surface area contributed by atoms with E-state index in [4.69, 9.17) is 4.99 Å². The number of fused-ring (bicyclic) bond motifs is 1. The molecule has 6 nitrogen and oxygen atoms in total. The third-order valence-corrected chi connectivity index (χ3v) is 4.44. The number of aryl methyl sites for hydroxylation is 3. The first-order chi connectivity index (χ1) is 12.1. The molecule has 142 valence electrons. The van der Waals surface area contributed by atoms with Crippen molar-refractivity contribution in [1.82, 2.24) is 25.4 Å². The molecule has 2 aromatic rings. The molecular weight excluding hydrogens is 439 g/mol. The Balaban J connectivity index is 0.00000243. The molecule has 0 amide bonds. The first-order valence-electron chi connectivity index (χ1n) is 9.14. The SMILES string of the molecule is CCNC(=NCCc1ccc(C)cc1)NC1CCc2nc(C)nn2C1.I. The molecule has 1 atom stereocenters. The summed E-state index contributed by atoms with van der Waals surface area (Å²) in [7, 11) is 0. The number of nitrogens with zero attached hydrogens (tertiary/aromatic N) is 4. The van der Waals surface area contributed by atoms with Crippen LogP contribution in [0, 0.1) is 13.8 Å². The van der Waals surface area contributed by atoms with E-state index in [0.29, 0.717) is 6.04 Å². The van der Waals surface area contributed by atoms with Gasteiger partial charge in [0.25, 0.3) is 0 Å². The molecule has 2 heterocycles. The van der Waals surface area contributed by atoms with Crippen molar-refractivity contribution in [3.05, 3.63) is 47.0 Å². The zero-order chi connectivity index (χ0) is 17.6. The molecule has 0 radical (unpaired) electrons. The largest absolute Gasteiger partial charge is 0.357 e. The lowest BCUT2D eigenvalue weighted by molar-refractivity contribution is 0.392. The lowest BCUT2D eigenvalue weighted by Crippen LogP contribution is -2.47. The fourth-order valence-electron chi connectivity index (χ4n) is 3.12. The molecule has 1 aromatic carbocycles. The van der Waals surface area contributed by atoms with Gasteiger partial charge in [-0.05, 0) is 39.2 Å². The average molecular weight is 468 g/mol. The molecule has 1 unspecified atom stereocenters. The average Bonchev–Trinajstić information content (AvgIpc) is 2.96. The molecule has 0 bridgehead atoms. The fraction of sp³-hybridized carbons (Fsp3) is 0.526. The van der Waals surface area contributed by atoms with Crippen molar-refractivity contribution in [3.8, 4) is 0 Å². The van der Waals surface area contributed by atoms with Crippen molar-refractivity contribution in [1.29, 1.82) is 0 Å². The molecule has 26 heavy (non-hydrogen) atoms. The van der Waals surface area contributed by atoms with Gasteiger partial charge >= 0.3 is 0 Å². The van der Waals surface area contributed by atoms with Crippen LogP contribution < -0.4 is 10.6 Å². The second kappa shape index (κ2) is 9.89. The van der Waals surface area contributed by atoms with Crippen LogP contribution in [0.4, 0.5) is 0 Å². The number of nitrogens with one attached hydrogen (secondary N) is 2. The van der Waals surface area contributed by atoms with Gasteiger partial charge in [0.2, 0.25) is 0 Å². The van der Waals surface area contributed by atoms with Crippen molar-refractivity contribution in [3.63, 3.8) is 0 Å². The third kappa shape index (κ3) is 5.69. The predicted molar refractivity (Wildman–Crippen MR) is 116 cm³/mol. The molecule has 0 fully saturated rings. The van der Waals surface area contributed by atoms with E-state index in [1.807, 2.05) is 11.6 Å². The maximum absolute atomic E-state index is 4.74. The van der Waals surface area contributed by atoms with E-state index in [2.05, 4.69) is 58.8 Å². The second-order valence-corrected chi connectivity index (χ2v) is 6.63. The Hall–Kier alpha value is -1.64. The molecule has 2 N–H and O–H groups in total. The maximum atomic E-state index is 4.74. The fourth-order valence-corrected chi connectivity index (χ4v) is 3.12. The van der Waals surface area contributed by atoms with E-state index >= 15 is 0 Å². The molecule has 7 heteroatoms. The molecule has 0 aliphatic carbocycles. The highest BCUT2D eigenvalue weighted by atomic mass is 127. The Morgan fingerprint density at radius 3 is 2.77 bits per heavy atom. The lowest BCUT2D eigenvalue weighted by Gasteiger charge is -2.25. The summed E-state index contributed by atoms with van der Waals surface area (Å²) in [4.78, 5) is 9.20. The van der Waals surface area contributed by atoms with E-state index in [0.717, 1.165) is 56.5 Å². The number of hydrogen-bond donors (Lipinski definition) is 2. The van der Waals surface area contributed by atoms with Crippen LogP contribution in [0.2, 0.25) is 0 Å². The minimum atomic E-state index is 0. The number of halogens is 1. The first kappa shape index (κ1) is 20.7. The number of guanidine groups is 1. The zero-order valence-electron chi connectivity index (χ0n) is 15.8. The van der Waals surface area contributed by atoms with Gasteiger partial charge in [0, 0.05) is 25.6 Å². The van der Waals surface area contributed by atoms with Crippen LogP contribution in [-0.4, -0.2) is 39.9 Å². The topological polar surface area (TPSA) is 67.1 Å². The lowest BCUT2D eigenvalue weighted by atomic mass is 10.1. The van der Waals surface area contributed by atoms with Crippen molar-refractivity contribution in [2.45, 2.75) is 52.6 Å².